The molecule has 11 heteroatoms. The topological polar surface area (TPSA) is 72.5 Å². The van der Waals surface area contributed by atoms with Gasteiger partial charge in [-0.15, -0.1) is 12.5 Å². The van der Waals surface area contributed by atoms with E-state index in [1.807, 2.05) is 24.3 Å². The third-order valence-corrected chi connectivity index (χ3v) is 35.2. The van der Waals surface area contributed by atoms with E-state index in [1.54, 1.807) is 14.2 Å². The van der Waals surface area contributed by atoms with Gasteiger partial charge in [0.25, 0.3) is 0 Å². The lowest BCUT2D eigenvalue weighted by atomic mass is 9.78. The second-order valence-electron chi connectivity index (χ2n) is 27.3. The highest BCUT2D eigenvalue weighted by molar-refractivity contribution is 6.75. The third kappa shape index (κ3) is 16.5. The number of carbonyl (C=O) groups is 1. The van der Waals surface area contributed by atoms with E-state index in [0.717, 1.165) is 79.9 Å². The number of ether oxygens (including phenoxy) is 2. The molecule has 7 nitrogen and oxygen atoms in total. The van der Waals surface area contributed by atoms with Gasteiger partial charge in [0.2, 0.25) is 0 Å². The Hall–Kier alpha value is -2.54. The highest BCUT2D eigenvalue weighted by Crippen LogP contribution is 2.53. The minimum absolute atomic E-state index is 0.0813. The lowest BCUT2D eigenvalue weighted by Crippen LogP contribution is -2.43. The van der Waals surface area contributed by atoms with Crippen molar-refractivity contribution in [2.75, 3.05) is 27.4 Å². The SMILES string of the molecule is C=CCc1c(OC)cccc1[C@H](C#CCC[C@@H](C)CO[Si](C)(C)C(C)(C)C)O[Si](C)(C)C(C)(C)C.COc1cccc2c1C[C@H]1CC(=O)C(CC[C@@H](C)CO[Si](C)(C)C(C)(C)C)=C1[C@@H]2O[Si](C)(C)C(C)(C)C. The average molecular weight is 1060 g/mol. The third-order valence-electron chi connectivity index (χ3n) is 17.4. The van der Waals surface area contributed by atoms with Crippen molar-refractivity contribution in [1.82, 2.24) is 0 Å². The van der Waals surface area contributed by atoms with Gasteiger partial charge in [-0.1, -0.05) is 133 Å². The van der Waals surface area contributed by atoms with Gasteiger partial charge in [-0.05, 0) is 157 Å². The predicted molar refractivity (Wildman–Crippen MR) is 317 cm³/mol. The Morgan fingerprint density at radius 3 is 1.68 bits per heavy atom. The van der Waals surface area contributed by atoms with Gasteiger partial charge in [-0.2, -0.15) is 0 Å². The minimum atomic E-state index is -2.10. The maximum Gasteiger partial charge on any atom is 0.194 e. The van der Waals surface area contributed by atoms with Gasteiger partial charge in [0, 0.05) is 37.2 Å². The normalized spacial score (nSPS) is 18.2. The highest BCUT2D eigenvalue weighted by Gasteiger charge is 2.47. The monoisotopic (exact) mass is 1060 g/mol. The fourth-order valence-corrected chi connectivity index (χ4v) is 12.7. The molecule has 2 aromatic rings. The van der Waals surface area contributed by atoms with E-state index in [4.69, 9.17) is 27.2 Å². The van der Waals surface area contributed by atoms with Crippen LogP contribution in [0.15, 0.2) is 60.2 Å². The summed E-state index contributed by atoms with van der Waals surface area (Å²) in [6, 6.07) is 12.5. The van der Waals surface area contributed by atoms with Crippen LogP contribution in [0, 0.1) is 29.6 Å². The van der Waals surface area contributed by atoms with Gasteiger partial charge in [0.05, 0.1) is 20.3 Å². The van der Waals surface area contributed by atoms with Crippen LogP contribution in [-0.2, 0) is 35.3 Å². The second kappa shape index (κ2) is 25.1. The number of Topliss-reactive ketones (excluding diaryl/α,β-unsaturated/α-hetero) is 1. The molecule has 0 aromatic heterocycles. The van der Waals surface area contributed by atoms with Crippen molar-refractivity contribution < 1.29 is 32.0 Å². The molecule has 72 heavy (non-hydrogen) atoms. The van der Waals surface area contributed by atoms with E-state index < -0.39 is 33.3 Å². The molecule has 2 aliphatic rings. The summed E-state index contributed by atoms with van der Waals surface area (Å²) < 4.78 is 38.4. The van der Waals surface area contributed by atoms with Crippen molar-refractivity contribution in [2.45, 2.75) is 227 Å². The molecule has 0 bridgehead atoms. The van der Waals surface area contributed by atoms with Crippen molar-refractivity contribution in [3.05, 3.63) is 82.5 Å². The first-order valence-corrected chi connectivity index (χ1v) is 38.8. The number of methoxy groups -OCH3 is 2. The molecule has 0 radical (unpaired) electrons. The van der Waals surface area contributed by atoms with Crippen LogP contribution in [0.2, 0.25) is 72.5 Å². The van der Waals surface area contributed by atoms with E-state index in [2.05, 4.69) is 186 Å². The van der Waals surface area contributed by atoms with Crippen LogP contribution in [0.4, 0.5) is 0 Å². The van der Waals surface area contributed by atoms with Gasteiger partial charge in [-0.25, -0.2) is 0 Å². The van der Waals surface area contributed by atoms with Crippen molar-refractivity contribution in [1.29, 1.82) is 0 Å². The van der Waals surface area contributed by atoms with E-state index >= 15 is 0 Å². The van der Waals surface area contributed by atoms with E-state index in [1.165, 1.54) is 16.7 Å². The fraction of sp³-hybridized carbons (Fsp3) is 0.689. The molecule has 0 saturated carbocycles. The van der Waals surface area contributed by atoms with Crippen molar-refractivity contribution in [3.63, 3.8) is 0 Å². The summed E-state index contributed by atoms with van der Waals surface area (Å²) in [6.07, 6.45) is 7.27. The Kier molecular flexibility index (Phi) is 22.2. The Labute approximate surface area is 446 Å². The summed E-state index contributed by atoms with van der Waals surface area (Å²) in [5, 5.41) is 0.620. The minimum Gasteiger partial charge on any atom is -0.496 e. The number of carbonyl (C=O) groups excluding carboxylic acids is 1. The van der Waals surface area contributed by atoms with Gasteiger partial charge in [-0.3, -0.25) is 4.79 Å². The lowest BCUT2D eigenvalue weighted by molar-refractivity contribution is -0.115. The predicted octanol–water partition coefficient (Wildman–Crippen LogP) is 17.6. The Morgan fingerprint density at radius 1 is 0.681 bits per heavy atom. The number of hydrogen-bond acceptors (Lipinski definition) is 7. The van der Waals surface area contributed by atoms with Crippen LogP contribution >= 0.6 is 0 Å². The summed E-state index contributed by atoms with van der Waals surface area (Å²) in [7, 11) is -4.18. The van der Waals surface area contributed by atoms with Crippen LogP contribution in [0.3, 0.4) is 0 Å². The lowest BCUT2D eigenvalue weighted by Gasteiger charge is -2.43. The Balaban J connectivity index is 0.000000381. The number of hydrogen-bond donors (Lipinski definition) is 0. The Bertz CT molecular complexity index is 2220. The molecule has 0 aliphatic heterocycles. The molecular formula is C61H104O7Si4. The molecule has 5 atom stereocenters. The fourth-order valence-electron chi connectivity index (χ4n) is 8.15. The maximum absolute atomic E-state index is 13.5. The summed E-state index contributed by atoms with van der Waals surface area (Å²) in [5.74, 6) is 10.2. The molecule has 0 saturated heterocycles. The molecule has 2 aromatic carbocycles. The first kappa shape index (κ1) is 63.7. The van der Waals surface area contributed by atoms with Gasteiger partial charge >= 0.3 is 0 Å². The van der Waals surface area contributed by atoms with Gasteiger partial charge in [0.1, 0.15) is 17.6 Å². The number of ketones is 1. The number of allylic oxidation sites excluding steroid dienone is 2. The summed E-state index contributed by atoms with van der Waals surface area (Å²) in [4.78, 5) is 13.5. The van der Waals surface area contributed by atoms with Crippen LogP contribution < -0.4 is 9.47 Å². The molecular weight excluding hydrogens is 957 g/mol. The van der Waals surface area contributed by atoms with Crippen LogP contribution in [0.1, 0.15) is 163 Å². The molecule has 2 aliphatic carbocycles. The second-order valence-corrected chi connectivity index (χ2v) is 46.4. The highest BCUT2D eigenvalue weighted by atomic mass is 28.4. The molecule has 0 heterocycles. The van der Waals surface area contributed by atoms with Gasteiger partial charge < -0.3 is 27.2 Å². The molecule has 406 valence electrons. The zero-order chi connectivity index (χ0) is 55.1. The van der Waals surface area contributed by atoms with Crippen molar-refractivity contribution in [3.8, 4) is 23.3 Å². The Morgan fingerprint density at radius 2 is 1.18 bits per heavy atom. The quantitative estimate of drug-likeness (QED) is 0.0743. The number of fused-ring (bicyclic) bond motifs is 2. The summed E-state index contributed by atoms with van der Waals surface area (Å²) >= 11 is 0. The summed E-state index contributed by atoms with van der Waals surface area (Å²) in [5.41, 5.74) is 6.90. The molecule has 0 fully saturated rings. The van der Waals surface area contributed by atoms with Crippen LogP contribution in [0.25, 0.3) is 0 Å². The number of benzene rings is 2. The maximum atomic E-state index is 13.5. The zero-order valence-electron chi connectivity index (χ0n) is 50.4. The van der Waals surface area contributed by atoms with Crippen LogP contribution in [-0.4, -0.2) is 66.5 Å². The summed E-state index contributed by atoms with van der Waals surface area (Å²) in [6.45, 7) is 55.9. The first-order valence-electron chi connectivity index (χ1n) is 27.2. The van der Waals surface area contributed by atoms with E-state index in [0.29, 0.717) is 24.0 Å². The first-order chi connectivity index (χ1) is 32.9. The number of rotatable bonds is 20. The molecule has 0 amide bonds. The zero-order valence-corrected chi connectivity index (χ0v) is 54.4. The van der Waals surface area contributed by atoms with Gasteiger partial charge in [0.15, 0.2) is 39.1 Å². The molecule has 0 spiro atoms. The largest absolute Gasteiger partial charge is 0.496 e. The van der Waals surface area contributed by atoms with E-state index in [-0.39, 0.29) is 38.3 Å². The average Bonchev–Trinajstić information content (AvgIpc) is 3.57. The van der Waals surface area contributed by atoms with Crippen molar-refractivity contribution in [2.24, 2.45) is 17.8 Å². The van der Waals surface area contributed by atoms with Crippen LogP contribution in [0.5, 0.6) is 11.5 Å². The smallest absolute Gasteiger partial charge is 0.194 e. The standard InChI is InChI=1S/C31H52O4Si2.C30H52O3Si2/c1-21(20-34-36(9,10)30(2,3)4)16-17-24-26(32)19-22-18-25-23(14-13-15-27(25)33-8)29(28(22)24)35-37(11,12)31(5,6)7;1-14-18-25-26(20-17-22-27(25)31-9)28(33-35(12,13)30(6,7)8)21-16-15-19-24(2)23-32-34(10,11)29(3,4)5/h13-15,21-22,29H,16-20H2,1-12H3;14,17,20,22,24,28H,1,15,18-19,23H2,2-13H3/t21-,22+,29-;24-,28+/m11/s1. The molecule has 0 unspecified atom stereocenters. The molecule has 4 rings (SSSR count). The van der Waals surface area contributed by atoms with Crippen molar-refractivity contribution >= 4 is 39.1 Å². The molecule has 0 N–H and O–H groups in total. The van der Waals surface area contributed by atoms with E-state index in [9.17, 15) is 4.79 Å².